The molecule has 2 aliphatic rings. The molecule has 0 bridgehead atoms. The lowest BCUT2D eigenvalue weighted by molar-refractivity contribution is -0.158. The number of piperidine rings is 1. The summed E-state index contributed by atoms with van der Waals surface area (Å²) in [5, 5.41) is 3.41. The van der Waals surface area contributed by atoms with Crippen molar-refractivity contribution in [2.75, 3.05) is 58.5 Å². The Kier molecular flexibility index (Phi) is 9.66. The molecule has 0 saturated carbocycles. The van der Waals surface area contributed by atoms with E-state index in [4.69, 9.17) is 23.7 Å². The van der Waals surface area contributed by atoms with E-state index in [0.29, 0.717) is 26.3 Å². The van der Waals surface area contributed by atoms with Crippen LogP contribution in [0.15, 0.2) is 42.5 Å². The Balaban J connectivity index is 1.51. The maximum absolute atomic E-state index is 12.5. The van der Waals surface area contributed by atoms with E-state index in [-0.39, 0.29) is 30.0 Å². The lowest BCUT2D eigenvalue weighted by Crippen LogP contribution is -2.51. The summed E-state index contributed by atoms with van der Waals surface area (Å²) in [6.45, 7) is 8.61. The third-order valence-electron chi connectivity index (χ3n) is 6.96. The molecule has 2 aliphatic heterocycles. The van der Waals surface area contributed by atoms with Gasteiger partial charge in [0.15, 0.2) is 0 Å². The van der Waals surface area contributed by atoms with E-state index in [0.717, 1.165) is 54.4 Å². The molecule has 37 heavy (non-hydrogen) atoms. The number of esters is 1. The van der Waals surface area contributed by atoms with Gasteiger partial charge >= 0.3 is 5.97 Å². The highest BCUT2D eigenvalue weighted by molar-refractivity contribution is 5.71. The highest BCUT2D eigenvalue weighted by Crippen LogP contribution is 2.35. The maximum Gasteiger partial charge on any atom is 0.308 e. The Hall–Kier alpha value is -2.81. The fourth-order valence-electron chi connectivity index (χ4n) is 4.92. The van der Waals surface area contributed by atoms with Crippen LogP contribution in [-0.4, -0.2) is 71.8 Å². The van der Waals surface area contributed by atoms with Gasteiger partial charge in [0.05, 0.1) is 38.0 Å². The van der Waals surface area contributed by atoms with Gasteiger partial charge in [-0.25, -0.2) is 0 Å². The Morgan fingerprint density at radius 2 is 1.89 bits per heavy atom. The fourth-order valence-corrected chi connectivity index (χ4v) is 4.92. The van der Waals surface area contributed by atoms with Crippen molar-refractivity contribution in [3.63, 3.8) is 0 Å². The smallest absolute Gasteiger partial charge is 0.308 e. The average Bonchev–Trinajstić information content (AvgIpc) is 2.92. The lowest BCUT2D eigenvalue weighted by Gasteiger charge is -2.38. The number of anilines is 1. The van der Waals surface area contributed by atoms with E-state index in [2.05, 4.69) is 22.3 Å². The Morgan fingerprint density at radius 1 is 1.11 bits per heavy atom. The van der Waals surface area contributed by atoms with Gasteiger partial charge in [-0.2, -0.15) is 0 Å². The topological polar surface area (TPSA) is 78.5 Å². The van der Waals surface area contributed by atoms with Crippen LogP contribution in [0, 0.1) is 5.92 Å². The second-order valence-electron chi connectivity index (χ2n) is 9.92. The standard InChI is InChI=1S/C29H40N2O6/c1-20(2)29(32)37-27-18-30-17-26(28(27)22-7-9-23(34-4)10-8-22)36-19-21-6-11-25-24(16-21)31(13-15-35-25)12-5-14-33-3/h6-11,16,20,26-28,30H,5,12-15,17-19H2,1-4H3/t26-,27+,28+/m0/s1. The van der Waals surface area contributed by atoms with Crippen LogP contribution in [0.1, 0.15) is 37.3 Å². The van der Waals surface area contributed by atoms with Crippen molar-refractivity contribution in [3.8, 4) is 11.5 Å². The number of carbonyl (C=O) groups excluding carboxylic acids is 1. The molecule has 0 aliphatic carbocycles. The third-order valence-corrected chi connectivity index (χ3v) is 6.96. The minimum atomic E-state index is -0.324. The number of nitrogens with zero attached hydrogens (tertiary/aromatic N) is 1. The van der Waals surface area contributed by atoms with E-state index in [9.17, 15) is 4.79 Å². The molecule has 0 amide bonds. The molecular formula is C29H40N2O6. The van der Waals surface area contributed by atoms with E-state index in [1.165, 1.54) is 0 Å². The molecule has 2 heterocycles. The van der Waals surface area contributed by atoms with Gasteiger partial charge in [0.25, 0.3) is 0 Å². The minimum absolute atomic E-state index is 0.0960. The lowest BCUT2D eigenvalue weighted by atomic mass is 9.85. The molecule has 3 atom stereocenters. The summed E-state index contributed by atoms with van der Waals surface area (Å²) in [4.78, 5) is 14.9. The summed E-state index contributed by atoms with van der Waals surface area (Å²) in [7, 11) is 3.39. The molecule has 202 valence electrons. The predicted molar refractivity (Wildman–Crippen MR) is 143 cm³/mol. The van der Waals surface area contributed by atoms with Gasteiger partial charge in [-0.05, 0) is 41.8 Å². The normalized spacial score (nSPS) is 21.3. The van der Waals surface area contributed by atoms with Crippen LogP contribution < -0.4 is 19.7 Å². The van der Waals surface area contributed by atoms with Gasteiger partial charge in [0.1, 0.15) is 24.2 Å². The van der Waals surface area contributed by atoms with Crippen molar-refractivity contribution in [2.24, 2.45) is 5.92 Å². The summed E-state index contributed by atoms with van der Waals surface area (Å²) < 4.78 is 28.9. The van der Waals surface area contributed by atoms with Gasteiger partial charge in [0, 0.05) is 39.3 Å². The van der Waals surface area contributed by atoms with E-state index in [1.54, 1.807) is 14.2 Å². The number of methoxy groups -OCH3 is 2. The molecule has 1 N–H and O–H groups in total. The molecule has 8 nitrogen and oxygen atoms in total. The molecule has 8 heteroatoms. The van der Waals surface area contributed by atoms with Gasteiger partial charge in [0.2, 0.25) is 0 Å². The highest BCUT2D eigenvalue weighted by Gasteiger charge is 2.38. The first-order chi connectivity index (χ1) is 18.0. The second-order valence-corrected chi connectivity index (χ2v) is 9.92. The number of ether oxygens (including phenoxy) is 5. The summed E-state index contributed by atoms with van der Waals surface area (Å²) in [5.74, 6) is 1.21. The van der Waals surface area contributed by atoms with Crippen molar-refractivity contribution in [1.29, 1.82) is 0 Å². The van der Waals surface area contributed by atoms with Crippen molar-refractivity contribution < 1.29 is 28.5 Å². The largest absolute Gasteiger partial charge is 0.497 e. The van der Waals surface area contributed by atoms with Gasteiger partial charge in [-0.3, -0.25) is 4.79 Å². The Morgan fingerprint density at radius 3 is 2.62 bits per heavy atom. The third kappa shape index (κ3) is 6.94. The average molecular weight is 513 g/mol. The zero-order valence-electron chi connectivity index (χ0n) is 22.4. The molecule has 2 aromatic carbocycles. The Labute approximate surface area is 220 Å². The van der Waals surface area contributed by atoms with Crippen molar-refractivity contribution in [3.05, 3.63) is 53.6 Å². The van der Waals surface area contributed by atoms with Gasteiger partial charge in [-0.15, -0.1) is 0 Å². The van der Waals surface area contributed by atoms with Crippen molar-refractivity contribution >= 4 is 11.7 Å². The highest BCUT2D eigenvalue weighted by atomic mass is 16.5. The number of rotatable bonds is 11. The van der Waals surface area contributed by atoms with Crippen molar-refractivity contribution in [1.82, 2.24) is 5.32 Å². The summed E-state index contributed by atoms with van der Waals surface area (Å²) >= 11 is 0. The number of benzene rings is 2. The number of fused-ring (bicyclic) bond motifs is 1. The van der Waals surface area contributed by atoms with Crippen LogP contribution >= 0.6 is 0 Å². The number of carbonyl (C=O) groups is 1. The monoisotopic (exact) mass is 512 g/mol. The summed E-state index contributed by atoms with van der Waals surface area (Å²) in [5.41, 5.74) is 3.24. The molecule has 1 fully saturated rings. The second kappa shape index (κ2) is 13.1. The van der Waals surface area contributed by atoms with Crippen LogP contribution in [0.4, 0.5) is 5.69 Å². The number of hydrogen-bond donors (Lipinski definition) is 1. The van der Waals surface area contributed by atoms with Crippen LogP contribution in [0.3, 0.4) is 0 Å². The zero-order chi connectivity index (χ0) is 26.2. The zero-order valence-corrected chi connectivity index (χ0v) is 22.4. The van der Waals surface area contributed by atoms with Gasteiger partial charge < -0.3 is 33.9 Å². The molecule has 0 aromatic heterocycles. The van der Waals surface area contributed by atoms with Crippen LogP contribution in [0.5, 0.6) is 11.5 Å². The van der Waals surface area contributed by atoms with E-state index in [1.807, 2.05) is 44.2 Å². The van der Waals surface area contributed by atoms with Crippen LogP contribution in [-0.2, 0) is 25.6 Å². The Bertz CT molecular complexity index is 1010. The molecule has 4 rings (SSSR count). The van der Waals surface area contributed by atoms with Crippen LogP contribution in [0.25, 0.3) is 0 Å². The molecule has 1 saturated heterocycles. The van der Waals surface area contributed by atoms with E-state index >= 15 is 0 Å². The first-order valence-electron chi connectivity index (χ1n) is 13.2. The predicted octanol–water partition coefficient (Wildman–Crippen LogP) is 3.77. The van der Waals surface area contributed by atoms with E-state index < -0.39 is 0 Å². The quantitative estimate of drug-likeness (QED) is 0.360. The molecule has 0 unspecified atom stereocenters. The number of hydrogen-bond acceptors (Lipinski definition) is 8. The molecule has 0 radical (unpaired) electrons. The number of nitrogens with one attached hydrogen (secondary N) is 1. The molecular weight excluding hydrogens is 472 g/mol. The van der Waals surface area contributed by atoms with Crippen molar-refractivity contribution in [2.45, 2.75) is 45.0 Å². The minimum Gasteiger partial charge on any atom is -0.497 e. The SMILES string of the molecule is COCCCN1CCOc2ccc(CO[C@H]3CNC[C@@H](OC(=O)C(C)C)[C@@H]3c3ccc(OC)cc3)cc21. The molecule has 2 aromatic rings. The first kappa shape index (κ1) is 27.2. The summed E-state index contributed by atoms with van der Waals surface area (Å²) in [6.07, 6.45) is 0.470. The maximum atomic E-state index is 12.5. The van der Waals surface area contributed by atoms with Gasteiger partial charge in [-0.1, -0.05) is 32.0 Å². The fraction of sp³-hybridized carbons (Fsp3) is 0.552. The summed E-state index contributed by atoms with van der Waals surface area (Å²) in [6, 6.07) is 14.2. The first-order valence-corrected chi connectivity index (χ1v) is 13.2. The molecule has 0 spiro atoms. The van der Waals surface area contributed by atoms with Crippen LogP contribution in [0.2, 0.25) is 0 Å².